The van der Waals surface area contributed by atoms with Crippen molar-refractivity contribution in [1.29, 1.82) is 0 Å². The molecule has 3 aromatic rings. The number of hydrogen-bond donors (Lipinski definition) is 5. The fraction of sp³-hybridized carbons (Fsp3) is 0.292. The molecule has 2 aliphatic heterocycles. The van der Waals surface area contributed by atoms with Gasteiger partial charge in [-0.05, 0) is 11.6 Å². The number of nitrogens with two attached hydrogens (primary N) is 1. The fourth-order valence-corrected chi connectivity index (χ4v) is 6.23. The molecule has 5 rings (SSSR count). The summed E-state index contributed by atoms with van der Waals surface area (Å²) in [5.74, 6) is -6.18. The van der Waals surface area contributed by atoms with Crippen molar-refractivity contribution in [2.45, 2.75) is 30.5 Å². The van der Waals surface area contributed by atoms with Crippen LogP contribution in [0.1, 0.15) is 18.2 Å². The number of fused-ring (bicyclic) bond motifs is 2. The van der Waals surface area contributed by atoms with Gasteiger partial charge in [-0.3, -0.25) is 14.5 Å². The van der Waals surface area contributed by atoms with Crippen LogP contribution < -0.4 is 15.6 Å². The minimum atomic E-state index is -2.21. The van der Waals surface area contributed by atoms with Gasteiger partial charge in [0.2, 0.25) is 5.52 Å². The number of β-lactam (4-membered cyclic amide) rings is 1. The van der Waals surface area contributed by atoms with Gasteiger partial charge in [0.1, 0.15) is 22.8 Å². The Morgan fingerprint density at radius 1 is 1.37 bits per heavy atom. The predicted molar refractivity (Wildman–Crippen MR) is 145 cm³/mol. The number of methoxy groups -OCH3 is 1. The highest BCUT2D eigenvalue weighted by Gasteiger charge is 2.54. The first kappa shape index (κ1) is 28.1. The monoisotopic (exact) mass is 602 g/mol. The summed E-state index contributed by atoms with van der Waals surface area (Å²) in [5.41, 5.74) is 7.41. The molecule has 41 heavy (non-hydrogen) atoms. The zero-order valence-electron chi connectivity index (χ0n) is 21.6. The van der Waals surface area contributed by atoms with Gasteiger partial charge in [-0.1, -0.05) is 9.67 Å². The number of amides is 2. The van der Waals surface area contributed by atoms with Crippen LogP contribution in [0.15, 0.2) is 52.4 Å². The molecule has 0 saturated carbocycles. The second-order valence-corrected chi connectivity index (χ2v) is 11.1. The third-order valence-electron chi connectivity index (χ3n) is 6.58. The standard InChI is InChI=1S/C24H23N7O8S2/c1-24(38-2,22(36)37)39-29-15(13-10-41-23(25)27-13)18(32)28-16-19(33)31-17(21(34)35)12(9-40-20(16)31)7-11-8-26-30-6-4-3-5-14(11)30/h3-6,8,10,16,20H,7,9H2,1-2H3,(H5,25,27,28,32,34,35,36,37)/p+1/b29-15-/t16-,20+,24?/m1/s1. The van der Waals surface area contributed by atoms with E-state index in [2.05, 4.69) is 20.6 Å². The number of carbonyl (C=O) groups excluding carboxylic acids is 2. The Morgan fingerprint density at radius 3 is 2.80 bits per heavy atom. The van der Waals surface area contributed by atoms with E-state index in [1.165, 1.54) is 22.0 Å². The number of thiazole rings is 1. The summed E-state index contributed by atoms with van der Waals surface area (Å²) in [5, 5.41) is 29.6. The maximum atomic E-state index is 13.3. The van der Waals surface area contributed by atoms with E-state index in [9.17, 15) is 29.4 Å². The van der Waals surface area contributed by atoms with Crippen LogP contribution in [0.2, 0.25) is 0 Å². The first-order chi connectivity index (χ1) is 19.5. The number of nitrogen functional groups attached to an aromatic ring is 1. The average Bonchev–Trinajstić information content (AvgIpc) is 3.57. The summed E-state index contributed by atoms with van der Waals surface area (Å²) in [4.78, 5) is 60.5. The van der Waals surface area contributed by atoms with E-state index >= 15 is 0 Å². The number of aromatic amines is 1. The molecule has 1 saturated heterocycles. The smallest absolute Gasteiger partial charge is 0.379 e. The van der Waals surface area contributed by atoms with Crippen LogP contribution in [0.5, 0.6) is 0 Å². The number of H-pyrrole nitrogens is 1. The molecule has 15 nitrogen and oxygen atoms in total. The van der Waals surface area contributed by atoms with Crippen molar-refractivity contribution in [3.05, 3.63) is 58.5 Å². The van der Waals surface area contributed by atoms with Crippen molar-refractivity contribution in [2.24, 2.45) is 5.16 Å². The number of aliphatic carboxylic acids is 2. The number of hydrogen-bond acceptors (Lipinski definition) is 11. The van der Waals surface area contributed by atoms with Crippen molar-refractivity contribution in [3.8, 4) is 0 Å². The molecule has 0 spiro atoms. The molecule has 2 aliphatic rings. The number of rotatable bonds is 10. The second-order valence-electron chi connectivity index (χ2n) is 9.11. The molecule has 0 radical (unpaired) electrons. The number of nitrogens with zero attached hydrogens (tertiary/aromatic N) is 4. The van der Waals surface area contributed by atoms with E-state index in [1.54, 1.807) is 10.7 Å². The fourth-order valence-electron chi connectivity index (χ4n) is 4.34. The lowest BCUT2D eigenvalue weighted by atomic mass is 9.99. The van der Waals surface area contributed by atoms with E-state index in [1.807, 2.05) is 24.4 Å². The molecule has 1 unspecified atom stereocenters. The molecule has 2 amide bonds. The Hall–Kier alpha value is -4.48. The second kappa shape index (κ2) is 10.8. The summed E-state index contributed by atoms with van der Waals surface area (Å²) in [6.45, 7) is 1.09. The van der Waals surface area contributed by atoms with Gasteiger partial charge in [-0.2, -0.15) is 5.10 Å². The molecule has 1 fully saturated rings. The molecule has 0 aromatic carbocycles. The zero-order chi connectivity index (χ0) is 29.5. The number of ether oxygens (including phenoxy) is 1. The lowest BCUT2D eigenvalue weighted by Crippen LogP contribution is -2.71. The van der Waals surface area contributed by atoms with Crippen LogP contribution in [-0.2, 0) is 35.2 Å². The topological polar surface area (TPSA) is 214 Å². The third-order valence-corrected chi connectivity index (χ3v) is 8.59. The number of oxime groups is 1. The van der Waals surface area contributed by atoms with Crippen LogP contribution in [0.25, 0.3) is 5.52 Å². The summed E-state index contributed by atoms with van der Waals surface area (Å²) >= 11 is 2.32. The van der Waals surface area contributed by atoms with E-state index in [4.69, 9.17) is 15.3 Å². The number of anilines is 1. The minimum absolute atomic E-state index is 0.0150. The van der Waals surface area contributed by atoms with Gasteiger partial charge in [0.15, 0.2) is 17.0 Å². The van der Waals surface area contributed by atoms with Gasteiger partial charge in [-0.25, -0.2) is 14.6 Å². The van der Waals surface area contributed by atoms with E-state index in [-0.39, 0.29) is 16.5 Å². The number of carboxylic acid groups (broad SMARTS) is 2. The van der Waals surface area contributed by atoms with Crippen molar-refractivity contribution in [1.82, 2.24) is 20.3 Å². The highest BCUT2D eigenvalue weighted by Crippen LogP contribution is 2.41. The van der Waals surface area contributed by atoms with Gasteiger partial charge in [-0.15, -0.1) is 23.1 Å². The maximum Gasteiger partial charge on any atom is 0.379 e. The molecular weight excluding hydrogens is 578 g/mol. The summed E-state index contributed by atoms with van der Waals surface area (Å²) in [6.07, 6.45) is 3.93. The lowest BCUT2D eigenvalue weighted by Gasteiger charge is -2.49. The van der Waals surface area contributed by atoms with Crippen molar-refractivity contribution in [3.63, 3.8) is 0 Å². The molecule has 6 N–H and O–H groups in total. The van der Waals surface area contributed by atoms with Crippen LogP contribution in [0.4, 0.5) is 5.13 Å². The van der Waals surface area contributed by atoms with Gasteiger partial charge in [0.25, 0.3) is 11.8 Å². The first-order valence-electron chi connectivity index (χ1n) is 12.0. The normalized spacial score (nSPS) is 20.3. The molecule has 3 aromatic heterocycles. The Kier molecular flexibility index (Phi) is 7.41. The highest BCUT2D eigenvalue weighted by atomic mass is 32.2. The molecule has 17 heteroatoms. The van der Waals surface area contributed by atoms with E-state index in [0.29, 0.717) is 17.7 Å². The van der Waals surface area contributed by atoms with Crippen molar-refractivity contribution < 1.29 is 43.5 Å². The largest absolute Gasteiger partial charge is 0.477 e. The Morgan fingerprint density at radius 2 is 2.15 bits per heavy atom. The number of carboxylic acids is 2. The summed E-state index contributed by atoms with van der Waals surface area (Å²) in [7, 11) is 1.09. The van der Waals surface area contributed by atoms with E-state index in [0.717, 1.165) is 36.5 Å². The van der Waals surface area contributed by atoms with Gasteiger partial charge in [0, 0.05) is 43.7 Å². The Balaban J connectivity index is 1.38. The first-order valence-corrected chi connectivity index (χ1v) is 13.9. The minimum Gasteiger partial charge on any atom is -0.477 e. The Labute approximate surface area is 239 Å². The summed E-state index contributed by atoms with van der Waals surface area (Å²) < 4.78 is 6.65. The van der Waals surface area contributed by atoms with Crippen molar-refractivity contribution in [2.75, 3.05) is 18.6 Å². The van der Waals surface area contributed by atoms with Crippen LogP contribution in [0, 0.1) is 0 Å². The number of aromatic nitrogens is 3. The lowest BCUT2D eigenvalue weighted by molar-refractivity contribution is -0.576. The van der Waals surface area contributed by atoms with Crippen molar-refractivity contribution >= 4 is 63.2 Å². The molecule has 0 bridgehead atoms. The number of nitrogens with one attached hydrogen (secondary N) is 2. The Bertz CT molecular complexity index is 1630. The van der Waals surface area contributed by atoms with Crippen LogP contribution in [0.3, 0.4) is 0 Å². The number of pyridine rings is 1. The quantitative estimate of drug-likeness (QED) is 0.0681. The molecular formula is C24H24N7O8S2+. The van der Waals surface area contributed by atoms with Gasteiger partial charge < -0.3 is 30.8 Å². The van der Waals surface area contributed by atoms with Gasteiger partial charge in [0.05, 0.1) is 11.8 Å². The SMILES string of the molecule is COC(C)(O/N=C(\C(=O)N[C@@H]1C(=O)N2C(C(=O)O)=C(Cc3c[nH][n+]4ccccc34)CS[C@@H]12)c1csc(N)n1)C(=O)O. The molecule has 214 valence electrons. The number of carbonyl (C=O) groups is 4. The number of thioether (sulfide) groups is 1. The predicted octanol–water partition coefficient (Wildman–Crippen LogP) is -0.0587. The van der Waals surface area contributed by atoms with Crippen LogP contribution in [-0.4, -0.2) is 84.7 Å². The molecule has 0 aliphatic carbocycles. The van der Waals surface area contributed by atoms with Crippen LogP contribution >= 0.6 is 23.1 Å². The van der Waals surface area contributed by atoms with E-state index < -0.39 is 46.7 Å². The summed E-state index contributed by atoms with van der Waals surface area (Å²) in [6, 6.07) is 4.55. The molecule has 3 atom stereocenters. The average molecular weight is 603 g/mol. The highest BCUT2D eigenvalue weighted by molar-refractivity contribution is 8.00. The molecule has 5 heterocycles. The van der Waals surface area contributed by atoms with Gasteiger partial charge >= 0.3 is 17.7 Å². The zero-order valence-corrected chi connectivity index (χ0v) is 23.2. The maximum absolute atomic E-state index is 13.3. The third kappa shape index (κ3) is 5.09.